The number of carbonyl (C=O) groups excluding carboxylic acids is 3. The van der Waals surface area contributed by atoms with Crippen LogP contribution in [0, 0.1) is 11.3 Å². The van der Waals surface area contributed by atoms with Crippen LogP contribution in [0.25, 0.3) is 0 Å². The summed E-state index contributed by atoms with van der Waals surface area (Å²) >= 11 is 0. The van der Waals surface area contributed by atoms with Gasteiger partial charge in [0.1, 0.15) is 6.61 Å². The number of rotatable bonds is 35. The fourth-order valence-corrected chi connectivity index (χ4v) is 6.70. The molecule has 1 N–H and O–H groups in total. The monoisotopic (exact) mass is 885 g/mol. The molecular weight excluding hydrogens is 809 g/mol. The topological polar surface area (TPSA) is 140 Å². The summed E-state index contributed by atoms with van der Waals surface area (Å²) < 4.78 is 29.8. The maximum absolute atomic E-state index is 13.5. The summed E-state index contributed by atoms with van der Waals surface area (Å²) in [6.45, 7) is 13.2. The first-order valence-electron chi connectivity index (χ1n) is 24.0. The Bertz CT molecular complexity index is 1800. The van der Waals surface area contributed by atoms with Gasteiger partial charge in [-0.2, -0.15) is 5.26 Å². The Kier molecular flexibility index (Phi) is 27.4. The van der Waals surface area contributed by atoms with E-state index in [0.29, 0.717) is 110 Å². The molecule has 3 amide bonds. The summed E-state index contributed by atoms with van der Waals surface area (Å²) in [5, 5.41) is 12.4. The van der Waals surface area contributed by atoms with Crippen LogP contribution in [0.3, 0.4) is 0 Å². The van der Waals surface area contributed by atoms with Gasteiger partial charge in [-0.05, 0) is 98.7 Å². The van der Waals surface area contributed by atoms with E-state index in [0.717, 1.165) is 85.3 Å². The predicted molar refractivity (Wildman–Crippen MR) is 253 cm³/mol. The predicted octanol–water partition coefficient (Wildman–Crippen LogP) is 10.6. The third-order valence-corrected chi connectivity index (χ3v) is 10.6. The number of hydrogen-bond donors (Lipinski definition) is 1. The standard InChI is InChI=1S/C52H76N4O8/c1-5-9-36-60-46-26-22-43(40-48(46)62-38-11-7-3)24-28-50(57)54-31-19-35-56(52(59)64-42-45-20-14-13-15-21-45)33-17-16-32-55(34-18-30-53)51(58)29-25-44-23-27-47(61-37-10-6-2)49(41-44)63-39-12-8-4/h13-15,20-23,26-27,40-41H,5-12,16-19,24-25,28-29,31-39,42H2,1-4H3,(H,54,57). The molecular formula is C52H76N4O8. The Labute approximate surface area is 383 Å². The molecule has 0 saturated heterocycles. The molecule has 0 unspecified atom stereocenters. The lowest BCUT2D eigenvalue weighted by Gasteiger charge is -2.24. The molecule has 12 nitrogen and oxygen atoms in total. The van der Waals surface area contributed by atoms with Crippen LogP contribution >= 0.6 is 0 Å². The van der Waals surface area contributed by atoms with E-state index in [1.54, 1.807) is 9.80 Å². The lowest BCUT2D eigenvalue weighted by molar-refractivity contribution is -0.131. The van der Waals surface area contributed by atoms with Gasteiger partial charge in [-0.15, -0.1) is 0 Å². The summed E-state index contributed by atoms with van der Waals surface area (Å²) in [5.74, 6) is 2.80. The van der Waals surface area contributed by atoms with Crippen LogP contribution in [0.5, 0.6) is 23.0 Å². The Balaban J connectivity index is 1.53. The highest BCUT2D eigenvalue weighted by molar-refractivity contribution is 5.77. The molecule has 64 heavy (non-hydrogen) atoms. The minimum absolute atomic E-state index is 0.0176. The molecule has 0 radical (unpaired) electrons. The van der Waals surface area contributed by atoms with E-state index < -0.39 is 6.09 Å². The molecule has 3 aromatic rings. The molecule has 3 aromatic carbocycles. The van der Waals surface area contributed by atoms with Gasteiger partial charge in [0, 0.05) is 45.6 Å². The largest absolute Gasteiger partial charge is 0.490 e. The first kappa shape index (κ1) is 52.9. The van der Waals surface area contributed by atoms with Gasteiger partial charge in [0.25, 0.3) is 0 Å². The molecule has 0 aliphatic rings. The second kappa shape index (κ2) is 33.1. The number of aryl methyl sites for hydroxylation is 2. The number of nitrogens with one attached hydrogen (secondary N) is 1. The van der Waals surface area contributed by atoms with Crippen molar-refractivity contribution in [3.63, 3.8) is 0 Å². The number of amides is 3. The highest BCUT2D eigenvalue weighted by Crippen LogP contribution is 2.31. The zero-order chi connectivity index (χ0) is 46.0. The van der Waals surface area contributed by atoms with Crippen molar-refractivity contribution in [1.82, 2.24) is 15.1 Å². The normalized spacial score (nSPS) is 10.7. The van der Waals surface area contributed by atoms with Gasteiger partial charge in [-0.1, -0.05) is 95.8 Å². The number of benzene rings is 3. The summed E-state index contributed by atoms with van der Waals surface area (Å²) in [6.07, 6.45) is 11.4. The Hall–Kier alpha value is -5.44. The second-order valence-corrected chi connectivity index (χ2v) is 16.1. The second-order valence-electron chi connectivity index (χ2n) is 16.1. The molecule has 0 saturated carbocycles. The van der Waals surface area contributed by atoms with E-state index >= 15 is 0 Å². The number of unbranched alkanes of at least 4 members (excludes halogenated alkanes) is 5. The van der Waals surface area contributed by atoms with Crippen molar-refractivity contribution in [2.75, 3.05) is 59.2 Å². The van der Waals surface area contributed by atoms with Gasteiger partial charge in [0.2, 0.25) is 11.8 Å². The Morgan fingerprint density at radius 2 is 1.06 bits per heavy atom. The van der Waals surface area contributed by atoms with Crippen LogP contribution in [-0.4, -0.2) is 86.9 Å². The highest BCUT2D eigenvalue weighted by Gasteiger charge is 2.18. The van der Waals surface area contributed by atoms with E-state index in [2.05, 4.69) is 39.1 Å². The van der Waals surface area contributed by atoms with E-state index in [1.807, 2.05) is 66.7 Å². The van der Waals surface area contributed by atoms with Gasteiger partial charge in [-0.25, -0.2) is 4.79 Å². The van der Waals surface area contributed by atoms with Crippen molar-refractivity contribution in [2.45, 2.75) is 137 Å². The number of nitriles is 1. The number of carbonyl (C=O) groups is 3. The van der Waals surface area contributed by atoms with Crippen LogP contribution in [0.1, 0.15) is 134 Å². The summed E-state index contributed by atoms with van der Waals surface area (Å²) in [4.78, 5) is 43.2. The first-order chi connectivity index (χ1) is 31.3. The molecule has 0 aromatic heterocycles. The highest BCUT2D eigenvalue weighted by atomic mass is 16.6. The molecule has 352 valence electrons. The quantitative estimate of drug-likeness (QED) is 0.0572. The molecule has 0 spiro atoms. The smallest absolute Gasteiger partial charge is 0.410 e. The van der Waals surface area contributed by atoms with Crippen LogP contribution in [-0.2, 0) is 33.8 Å². The van der Waals surface area contributed by atoms with Crippen molar-refractivity contribution in [3.05, 3.63) is 83.4 Å². The molecule has 0 aliphatic carbocycles. The van der Waals surface area contributed by atoms with Crippen LogP contribution in [0.15, 0.2) is 66.7 Å². The SMILES string of the molecule is CCCCOc1ccc(CCC(=O)NCCCN(CCCCN(CCC#N)C(=O)CCc2ccc(OCCCC)c(OCCCC)c2)C(=O)OCc2ccccc2)cc1OCCCC. The fraction of sp³-hybridized carbons (Fsp3) is 0.577. The fourth-order valence-electron chi connectivity index (χ4n) is 6.70. The number of ether oxygens (including phenoxy) is 5. The minimum atomic E-state index is -0.425. The average molecular weight is 885 g/mol. The van der Waals surface area contributed by atoms with Crippen molar-refractivity contribution in [3.8, 4) is 29.1 Å². The summed E-state index contributed by atoms with van der Waals surface area (Å²) in [7, 11) is 0. The molecule has 0 heterocycles. The van der Waals surface area contributed by atoms with Gasteiger partial charge in [0.05, 0.1) is 38.9 Å². The minimum Gasteiger partial charge on any atom is -0.490 e. The Morgan fingerprint density at radius 3 is 1.59 bits per heavy atom. The molecule has 0 aliphatic heterocycles. The van der Waals surface area contributed by atoms with Crippen LogP contribution < -0.4 is 24.3 Å². The van der Waals surface area contributed by atoms with Crippen molar-refractivity contribution < 1.29 is 38.1 Å². The van der Waals surface area contributed by atoms with Crippen LogP contribution in [0.2, 0.25) is 0 Å². The lowest BCUT2D eigenvalue weighted by atomic mass is 10.1. The number of hydrogen-bond acceptors (Lipinski definition) is 9. The molecule has 3 rings (SSSR count). The maximum Gasteiger partial charge on any atom is 0.410 e. The zero-order valence-corrected chi connectivity index (χ0v) is 39.3. The van der Waals surface area contributed by atoms with Crippen molar-refractivity contribution in [2.24, 2.45) is 0 Å². The van der Waals surface area contributed by atoms with Gasteiger partial charge in [0.15, 0.2) is 23.0 Å². The Morgan fingerprint density at radius 1 is 0.562 bits per heavy atom. The molecule has 0 atom stereocenters. The van der Waals surface area contributed by atoms with E-state index in [9.17, 15) is 19.6 Å². The van der Waals surface area contributed by atoms with Crippen molar-refractivity contribution in [1.29, 1.82) is 5.26 Å². The summed E-state index contributed by atoms with van der Waals surface area (Å²) in [5.41, 5.74) is 2.89. The van der Waals surface area contributed by atoms with E-state index in [4.69, 9.17) is 23.7 Å². The first-order valence-corrected chi connectivity index (χ1v) is 24.0. The molecule has 0 bridgehead atoms. The molecule has 12 heteroatoms. The van der Waals surface area contributed by atoms with E-state index in [1.165, 1.54) is 0 Å². The zero-order valence-electron chi connectivity index (χ0n) is 39.3. The lowest BCUT2D eigenvalue weighted by Crippen LogP contribution is -2.36. The maximum atomic E-state index is 13.5. The van der Waals surface area contributed by atoms with Gasteiger partial charge < -0.3 is 38.8 Å². The molecule has 0 fully saturated rings. The van der Waals surface area contributed by atoms with Gasteiger partial charge in [-0.3, -0.25) is 9.59 Å². The average Bonchev–Trinajstić information content (AvgIpc) is 3.31. The van der Waals surface area contributed by atoms with Crippen molar-refractivity contribution >= 4 is 17.9 Å². The van der Waals surface area contributed by atoms with E-state index in [-0.39, 0.29) is 24.8 Å². The third-order valence-electron chi connectivity index (χ3n) is 10.6. The number of nitrogens with zero attached hydrogens (tertiary/aromatic N) is 3. The van der Waals surface area contributed by atoms with Gasteiger partial charge >= 0.3 is 6.09 Å². The van der Waals surface area contributed by atoms with Crippen LogP contribution in [0.4, 0.5) is 4.79 Å². The third kappa shape index (κ3) is 21.8. The summed E-state index contributed by atoms with van der Waals surface area (Å²) in [6, 6.07) is 23.5.